The Morgan fingerprint density at radius 2 is 1.83 bits per heavy atom. The van der Waals surface area contributed by atoms with Gasteiger partial charge in [0.25, 0.3) is 0 Å². The first-order valence-corrected chi connectivity index (χ1v) is 7.89. The third-order valence-electron chi connectivity index (χ3n) is 2.70. The maximum Gasteiger partial charge on any atom is 0.124 e. The lowest BCUT2D eigenvalue weighted by Crippen LogP contribution is -2.03. The number of rotatable bonds is 5. The molecule has 0 heterocycles. The Labute approximate surface area is 120 Å². The van der Waals surface area contributed by atoms with Crippen molar-refractivity contribution in [2.24, 2.45) is 0 Å². The number of hydrogen-bond donors (Lipinski definition) is 0. The lowest BCUT2D eigenvalue weighted by Gasteiger charge is -2.14. The molecule has 0 bridgehead atoms. The van der Waals surface area contributed by atoms with Gasteiger partial charge in [-0.2, -0.15) is 0 Å². The van der Waals surface area contributed by atoms with Crippen LogP contribution in [0.5, 0.6) is 0 Å². The summed E-state index contributed by atoms with van der Waals surface area (Å²) in [6.07, 6.45) is 0. The number of thioether (sulfide) groups is 1. The molecule has 0 saturated carbocycles. The SMILES string of the molecule is Fc1cccc(SCC(CBr)c2ccccc2)c1. The molecule has 0 aliphatic heterocycles. The highest BCUT2D eigenvalue weighted by Gasteiger charge is 2.10. The Balaban J connectivity index is 2.00. The van der Waals surface area contributed by atoms with Gasteiger partial charge in [0.05, 0.1) is 0 Å². The molecule has 1 atom stereocenters. The van der Waals surface area contributed by atoms with Crippen LogP contribution in [0.15, 0.2) is 59.5 Å². The van der Waals surface area contributed by atoms with E-state index in [1.807, 2.05) is 12.1 Å². The summed E-state index contributed by atoms with van der Waals surface area (Å²) in [5.74, 6) is 1.22. The van der Waals surface area contributed by atoms with Crippen LogP contribution >= 0.6 is 27.7 Å². The predicted molar refractivity (Wildman–Crippen MR) is 80.1 cm³/mol. The van der Waals surface area contributed by atoms with Crippen LogP contribution in [0.25, 0.3) is 0 Å². The van der Waals surface area contributed by atoms with Crippen LogP contribution in [-0.4, -0.2) is 11.1 Å². The van der Waals surface area contributed by atoms with E-state index in [2.05, 4.69) is 40.2 Å². The van der Waals surface area contributed by atoms with Gasteiger partial charge in [0.2, 0.25) is 0 Å². The van der Waals surface area contributed by atoms with E-state index in [-0.39, 0.29) is 5.82 Å². The second-order valence-corrected chi connectivity index (χ2v) is 5.77. The first-order chi connectivity index (χ1) is 8.79. The van der Waals surface area contributed by atoms with Gasteiger partial charge in [0, 0.05) is 21.9 Å². The normalized spacial score (nSPS) is 12.3. The van der Waals surface area contributed by atoms with Gasteiger partial charge in [-0.05, 0) is 23.8 Å². The van der Waals surface area contributed by atoms with Crippen LogP contribution in [0.3, 0.4) is 0 Å². The average molecular weight is 325 g/mol. The second-order valence-electron chi connectivity index (χ2n) is 4.03. The average Bonchev–Trinajstić information content (AvgIpc) is 2.41. The summed E-state index contributed by atoms with van der Waals surface area (Å²) in [4.78, 5) is 0.983. The Hall–Kier alpha value is -0.800. The summed E-state index contributed by atoms with van der Waals surface area (Å²) in [6, 6.07) is 17.2. The molecule has 0 radical (unpaired) electrons. The molecule has 3 heteroatoms. The maximum absolute atomic E-state index is 13.1. The summed E-state index contributed by atoms with van der Waals surface area (Å²) in [5.41, 5.74) is 1.32. The minimum absolute atomic E-state index is 0.171. The van der Waals surface area contributed by atoms with E-state index >= 15 is 0 Å². The highest BCUT2D eigenvalue weighted by Crippen LogP contribution is 2.27. The molecule has 2 aromatic rings. The molecule has 0 nitrogen and oxygen atoms in total. The molecule has 0 amide bonds. The molecule has 0 aliphatic rings. The minimum Gasteiger partial charge on any atom is -0.207 e. The zero-order chi connectivity index (χ0) is 12.8. The van der Waals surface area contributed by atoms with E-state index < -0.39 is 0 Å². The molecular formula is C15H14BrFS. The van der Waals surface area contributed by atoms with Crippen molar-refractivity contribution in [2.75, 3.05) is 11.1 Å². The van der Waals surface area contributed by atoms with Gasteiger partial charge in [-0.3, -0.25) is 0 Å². The smallest absolute Gasteiger partial charge is 0.124 e. The molecule has 2 aromatic carbocycles. The third kappa shape index (κ3) is 3.85. The highest BCUT2D eigenvalue weighted by molar-refractivity contribution is 9.09. The Morgan fingerprint density at radius 1 is 1.06 bits per heavy atom. The van der Waals surface area contributed by atoms with Crippen molar-refractivity contribution in [1.29, 1.82) is 0 Å². The van der Waals surface area contributed by atoms with Gasteiger partial charge in [0.1, 0.15) is 5.82 Å². The summed E-state index contributed by atoms with van der Waals surface area (Å²) < 4.78 is 13.1. The molecule has 94 valence electrons. The van der Waals surface area contributed by atoms with E-state index in [1.54, 1.807) is 23.9 Å². The van der Waals surface area contributed by atoms with Crippen LogP contribution < -0.4 is 0 Å². The van der Waals surface area contributed by atoms with E-state index in [1.165, 1.54) is 11.6 Å². The zero-order valence-corrected chi connectivity index (χ0v) is 12.3. The van der Waals surface area contributed by atoms with Crippen molar-refractivity contribution in [3.8, 4) is 0 Å². The molecule has 1 unspecified atom stereocenters. The summed E-state index contributed by atoms with van der Waals surface area (Å²) in [5, 5.41) is 0.916. The van der Waals surface area contributed by atoms with Crippen LogP contribution in [0.1, 0.15) is 11.5 Å². The summed E-state index contributed by atoms with van der Waals surface area (Å²) in [6.45, 7) is 0. The quantitative estimate of drug-likeness (QED) is 0.545. The van der Waals surface area contributed by atoms with Gasteiger partial charge in [0.15, 0.2) is 0 Å². The van der Waals surface area contributed by atoms with Gasteiger partial charge in [-0.15, -0.1) is 11.8 Å². The molecule has 0 aromatic heterocycles. The third-order valence-corrected chi connectivity index (χ3v) is 4.64. The number of alkyl halides is 1. The zero-order valence-electron chi connectivity index (χ0n) is 9.85. The van der Waals surface area contributed by atoms with Gasteiger partial charge in [-0.1, -0.05) is 52.3 Å². The van der Waals surface area contributed by atoms with E-state index in [0.29, 0.717) is 5.92 Å². The first kappa shape index (κ1) is 13.6. The number of hydrogen-bond acceptors (Lipinski definition) is 1. The monoisotopic (exact) mass is 324 g/mol. The van der Waals surface area contributed by atoms with E-state index in [4.69, 9.17) is 0 Å². The molecule has 2 rings (SSSR count). The lowest BCUT2D eigenvalue weighted by atomic mass is 10.0. The first-order valence-electron chi connectivity index (χ1n) is 5.79. The van der Waals surface area contributed by atoms with Crippen molar-refractivity contribution in [1.82, 2.24) is 0 Å². The molecule has 0 N–H and O–H groups in total. The minimum atomic E-state index is -0.171. The van der Waals surface area contributed by atoms with Crippen molar-refractivity contribution >= 4 is 27.7 Å². The summed E-state index contributed by atoms with van der Waals surface area (Å²) in [7, 11) is 0. The van der Waals surface area contributed by atoms with E-state index in [9.17, 15) is 4.39 Å². The standard InChI is InChI=1S/C15H14BrFS/c16-10-13(12-5-2-1-3-6-12)11-18-15-8-4-7-14(17)9-15/h1-9,13H,10-11H2. The fourth-order valence-corrected chi connectivity index (χ4v) is 3.69. The largest absolute Gasteiger partial charge is 0.207 e. The van der Waals surface area contributed by atoms with E-state index in [0.717, 1.165) is 16.0 Å². The van der Waals surface area contributed by atoms with Crippen LogP contribution in [0.4, 0.5) is 4.39 Å². The molecule has 0 aliphatic carbocycles. The van der Waals surface area contributed by atoms with Crippen molar-refractivity contribution < 1.29 is 4.39 Å². The van der Waals surface area contributed by atoms with Gasteiger partial charge < -0.3 is 0 Å². The highest BCUT2D eigenvalue weighted by atomic mass is 79.9. The van der Waals surface area contributed by atoms with Gasteiger partial charge >= 0.3 is 0 Å². The van der Waals surface area contributed by atoms with Crippen molar-refractivity contribution in [3.05, 3.63) is 66.0 Å². The second kappa shape index (κ2) is 6.95. The van der Waals surface area contributed by atoms with Gasteiger partial charge in [-0.25, -0.2) is 4.39 Å². The topological polar surface area (TPSA) is 0 Å². The van der Waals surface area contributed by atoms with Crippen LogP contribution in [-0.2, 0) is 0 Å². The van der Waals surface area contributed by atoms with Crippen LogP contribution in [0, 0.1) is 5.82 Å². The lowest BCUT2D eigenvalue weighted by molar-refractivity contribution is 0.624. The molecule has 0 spiro atoms. The van der Waals surface area contributed by atoms with Crippen LogP contribution in [0.2, 0.25) is 0 Å². The molecule has 0 fully saturated rings. The Morgan fingerprint density at radius 3 is 2.50 bits per heavy atom. The van der Waals surface area contributed by atoms with Crippen molar-refractivity contribution in [2.45, 2.75) is 10.8 Å². The Kier molecular flexibility index (Phi) is 5.26. The number of benzene rings is 2. The predicted octanol–water partition coefficient (Wildman–Crippen LogP) is 5.10. The molecular weight excluding hydrogens is 311 g/mol. The Bertz CT molecular complexity index is 487. The fraction of sp³-hybridized carbons (Fsp3) is 0.200. The fourth-order valence-electron chi connectivity index (χ4n) is 1.71. The van der Waals surface area contributed by atoms with Crippen molar-refractivity contribution in [3.63, 3.8) is 0 Å². The molecule has 0 saturated heterocycles. The summed E-state index contributed by atoms with van der Waals surface area (Å²) >= 11 is 5.25. The number of halogens is 2. The molecule has 18 heavy (non-hydrogen) atoms. The maximum atomic E-state index is 13.1.